The van der Waals surface area contributed by atoms with E-state index in [9.17, 15) is 4.79 Å². The third-order valence-corrected chi connectivity index (χ3v) is 3.44. The second kappa shape index (κ2) is 9.34. The average Bonchev–Trinajstić information content (AvgIpc) is 2.38. The first-order valence-corrected chi connectivity index (χ1v) is 7.33. The summed E-state index contributed by atoms with van der Waals surface area (Å²) in [6, 6.07) is 0.737. The van der Waals surface area contributed by atoms with Crippen LogP contribution >= 0.6 is 0 Å². The number of carbonyl (C=O) groups is 1. The van der Waals surface area contributed by atoms with Crippen LogP contribution in [0.25, 0.3) is 0 Å². The van der Waals surface area contributed by atoms with Crippen LogP contribution in [0.4, 0.5) is 0 Å². The van der Waals surface area contributed by atoms with E-state index in [1.165, 1.54) is 19.3 Å². The summed E-state index contributed by atoms with van der Waals surface area (Å²) >= 11 is 0. The molecule has 4 heteroatoms. The van der Waals surface area contributed by atoms with E-state index in [4.69, 9.17) is 4.74 Å². The molecule has 0 aliphatic carbocycles. The molecule has 1 fully saturated rings. The zero-order chi connectivity index (χ0) is 13.2. The van der Waals surface area contributed by atoms with Crippen LogP contribution in [0, 0.1) is 0 Å². The maximum atomic E-state index is 11.7. The first kappa shape index (κ1) is 15.4. The molecule has 0 bridgehead atoms. The number of rotatable bonds is 8. The van der Waals surface area contributed by atoms with Gasteiger partial charge in [0.2, 0.25) is 5.91 Å². The molecule has 0 spiro atoms. The summed E-state index contributed by atoms with van der Waals surface area (Å²) < 4.78 is 5.27. The van der Waals surface area contributed by atoms with E-state index in [0.717, 1.165) is 32.5 Å². The van der Waals surface area contributed by atoms with E-state index in [-0.39, 0.29) is 5.91 Å². The van der Waals surface area contributed by atoms with Crippen LogP contribution in [0.3, 0.4) is 0 Å². The lowest BCUT2D eigenvalue weighted by molar-refractivity contribution is -0.121. The molecule has 0 aromatic carbocycles. The standard InChI is InChI=1S/C14H28N2O2/c1-3-4-5-6-12(2)15-11-14(17)16-13-7-9-18-10-8-13/h12-13,15H,3-11H2,1-2H3,(H,16,17). The summed E-state index contributed by atoms with van der Waals surface area (Å²) in [5.74, 6) is 0.115. The zero-order valence-corrected chi connectivity index (χ0v) is 11.8. The highest BCUT2D eigenvalue weighted by Crippen LogP contribution is 2.06. The van der Waals surface area contributed by atoms with Gasteiger partial charge in [0.1, 0.15) is 0 Å². The first-order valence-electron chi connectivity index (χ1n) is 7.33. The Labute approximate surface area is 111 Å². The molecule has 1 heterocycles. The smallest absolute Gasteiger partial charge is 0.234 e. The molecule has 0 aromatic heterocycles. The molecule has 1 saturated heterocycles. The van der Waals surface area contributed by atoms with Gasteiger partial charge in [-0.3, -0.25) is 4.79 Å². The van der Waals surface area contributed by atoms with Gasteiger partial charge in [-0.15, -0.1) is 0 Å². The fourth-order valence-electron chi connectivity index (χ4n) is 2.19. The van der Waals surface area contributed by atoms with Gasteiger partial charge in [-0.2, -0.15) is 0 Å². The van der Waals surface area contributed by atoms with E-state index < -0.39 is 0 Å². The Kier molecular flexibility index (Phi) is 8.01. The zero-order valence-electron chi connectivity index (χ0n) is 11.8. The first-order chi connectivity index (χ1) is 8.72. The van der Waals surface area contributed by atoms with E-state index in [2.05, 4.69) is 24.5 Å². The van der Waals surface area contributed by atoms with Crippen molar-refractivity contribution >= 4 is 5.91 Å². The molecule has 4 nitrogen and oxygen atoms in total. The van der Waals surface area contributed by atoms with E-state index in [1.807, 2.05) is 0 Å². The normalized spacial score (nSPS) is 18.6. The molecular formula is C14H28N2O2. The van der Waals surface area contributed by atoms with Crippen molar-refractivity contribution in [1.82, 2.24) is 10.6 Å². The van der Waals surface area contributed by atoms with Crippen molar-refractivity contribution in [2.45, 2.75) is 64.5 Å². The maximum absolute atomic E-state index is 11.7. The molecule has 1 atom stereocenters. The highest BCUT2D eigenvalue weighted by molar-refractivity contribution is 5.78. The van der Waals surface area contributed by atoms with Crippen molar-refractivity contribution in [3.05, 3.63) is 0 Å². The minimum Gasteiger partial charge on any atom is -0.381 e. The molecule has 0 saturated carbocycles. The van der Waals surface area contributed by atoms with Gasteiger partial charge in [0.25, 0.3) is 0 Å². The minimum atomic E-state index is 0.115. The molecule has 0 aromatic rings. The molecule has 2 N–H and O–H groups in total. The lowest BCUT2D eigenvalue weighted by Crippen LogP contribution is -2.44. The summed E-state index contributed by atoms with van der Waals surface area (Å²) in [6.07, 6.45) is 6.80. The summed E-state index contributed by atoms with van der Waals surface area (Å²) in [5, 5.41) is 6.35. The highest BCUT2D eigenvalue weighted by atomic mass is 16.5. The molecule has 1 aliphatic heterocycles. The monoisotopic (exact) mass is 256 g/mol. The lowest BCUT2D eigenvalue weighted by Gasteiger charge is -2.23. The average molecular weight is 256 g/mol. The number of unbranched alkanes of at least 4 members (excludes halogenated alkanes) is 2. The Bertz CT molecular complexity index is 228. The minimum absolute atomic E-state index is 0.115. The van der Waals surface area contributed by atoms with E-state index >= 15 is 0 Å². The van der Waals surface area contributed by atoms with E-state index in [0.29, 0.717) is 18.6 Å². The van der Waals surface area contributed by atoms with Crippen molar-refractivity contribution in [2.24, 2.45) is 0 Å². The third kappa shape index (κ3) is 6.97. The number of amides is 1. The Morgan fingerprint density at radius 3 is 2.72 bits per heavy atom. The lowest BCUT2D eigenvalue weighted by atomic mass is 10.1. The molecule has 106 valence electrons. The van der Waals surface area contributed by atoms with Gasteiger partial charge in [-0.25, -0.2) is 0 Å². The summed E-state index contributed by atoms with van der Waals surface area (Å²) in [7, 11) is 0. The van der Waals surface area contributed by atoms with Crippen LogP contribution in [-0.4, -0.2) is 37.7 Å². The van der Waals surface area contributed by atoms with Crippen molar-refractivity contribution in [1.29, 1.82) is 0 Å². The maximum Gasteiger partial charge on any atom is 0.234 e. The largest absolute Gasteiger partial charge is 0.381 e. The third-order valence-electron chi connectivity index (χ3n) is 3.44. The number of hydrogen-bond acceptors (Lipinski definition) is 3. The van der Waals surface area contributed by atoms with Crippen LogP contribution in [0.1, 0.15) is 52.4 Å². The van der Waals surface area contributed by atoms with Crippen LogP contribution in [0.2, 0.25) is 0 Å². The molecule has 1 rings (SSSR count). The van der Waals surface area contributed by atoms with Crippen LogP contribution in [-0.2, 0) is 9.53 Å². The van der Waals surface area contributed by atoms with Crippen molar-refractivity contribution in [3.63, 3.8) is 0 Å². The van der Waals surface area contributed by atoms with Gasteiger partial charge < -0.3 is 15.4 Å². The second-order valence-corrected chi connectivity index (χ2v) is 5.23. The van der Waals surface area contributed by atoms with Gasteiger partial charge >= 0.3 is 0 Å². The second-order valence-electron chi connectivity index (χ2n) is 5.23. The Morgan fingerprint density at radius 2 is 2.06 bits per heavy atom. The Balaban J connectivity index is 2.04. The molecule has 1 amide bonds. The van der Waals surface area contributed by atoms with Crippen LogP contribution in [0.5, 0.6) is 0 Å². The number of ether oxygens (including phenoxy) is 1. The Morgan fingerprint density at radius 1 is 1.33 bits per heavy atom. The fourth-order valence-corrected chi connectivity index (χ4v) is 2.19. The summed E-state index contributed by atoms with van der Waals surface area (Å²) in [5.41, 5.74) is 0. The molecule has 0 radical (unpaired) electrons. The Hall–Kier alpha value is -0.610. The van der Waals surface area contributed by atoms with Gasteiger partial charge in [0.05, 0.1) is 6.54 Å². The molecule has 18 heavy (non-hydrogen) atoms. The predicted octanol–water partition coefficient (Wildman–Crippen LogP) is 1.84. The summed E-state index contributed by atoms with van der Waals surface area (Å²) in [6.45, 7) is 6.33. The van der Waals surface area contributed by atoms with Gasteiger partial charge in [0.15, 0.2) is 0 Å². The summed E-state index contributed by atoms with van der Waals surface area (Å²) in [4.78, 5) is 11.7. The van der Waals surface area contributed by atoms with E-state index in [1.54, 1.807) is 0 Å². The molecule has 1 unspecified atom stereocenters. The van der Waals surface area contributed by atoms with Crippen molar-refractivity contribution in [2.75, 3.05) is 19.8 Å². The molecule has 1 aliphatic rings. The van der Waals surface area contributed by atoms with Gasteiger partial charge in [0, 0.05) is 25.3 Å². The SMILES string of the molecule is CCCCCC(C)NCC(=O)NC1CCOCC1. The van der Waals surface area contributed by atoms with Crippen LogP contribution < -0.4 is 10.6 Å². The van der Waals surface area contributed by atoms with Crippen molar-refractivity contribution < 1.29 is 9.53 Å². The van der Waals surface area contributed by atoms with Gasteiger partial charge in [-0.05, 0) is 26.2 Å². The highest BCUT2D eigenvalue weighted by Gasteiger charge is 2.15. The quantitative estimate of drug-likeness (QED) is 0.652. The number of nitrogens with one attached hydrogen (secondary N) is 2. The van der Waals surface area contributed by atoms with Crippen LogP contribution in [0.15, 0.2) is 0 Å². The van der Waals surface area contributed by atoms with Crippen molar-refractivity contribution in [3.8, 4) is 0 Å². The number of hydrogen-bond donors (Lipinski definition) is 2. The van der Waals surface area contributed by atoms with Gasteiger partial charge in [-0.1, -0.05) is 26.2 Å². The number of carbonyl (C=O) groups excluding carboxylic acids is 1. The fraction of sp³-hybridized carbons (Fsp3) is 0.929. The topological polar surface area (TPSA) is 50.4 Å². The predicted molar refractivity (Wildman–Crippen MR) is 73.6 cm³/mol. The molecular weight excluding hydrogens is 228 g/mol.